The Kier molecular flexibility index (Phi) is 14.6. The summed E-state index contributed by atoms with van der Waals surface area (Å²) in [5, 5.41) is 0. The number of aromatic amines is 2. The molecule has 10 nitrogen and oxygen atoms in total. The van der Waals surface area contributed by atoms with Crippen molar-refractivity contribution in [1.82, 2.24) is 41.3 Å². The van der Waals surface area contributed by atoms with Crippen LogP contribution >= 0.6 is 10.7 Å². The molecule has 2 aliphatic heterocycles. The first-order valence-corrected chi connectivity index (χ1v) is 16.7. The van der Waals surface area contributed by atoms with Gasteiger partial charge in [-0.2, -0.15) is 19.5 Å². The summed E-state index contributed by atoms with van der Waals surface area (Å²) in [5.74, 6) is 0. The minimum Gasteiger partial charge on any atom is -0.355 e. The standard InChI is InChI=1S/C20H14N4.C10H25ClN4O2S.Cu/c1-2-14-10-16-5-6-18(23-16)12-20-8-7-19(24-20)11-17-4-3-15(22-17)9-13(1)21-14;1-2-3-4-5-6-7-8-9-10-12-13-14-15-18(11,16)17;/h1-12,21,24H;12-15H,2-10H2,1H3;. The molecular formula is C30H39ClCuN8O2S. The van der Waals surface area contributed by atoms with Gasteiger partial charge in [0.2, 0.25) is 0 Å². The molecule has 0 fully saturated rings. The number of aromatic nitrogens is 4. The van der Waals surface area contributed by atoms with E-state index in [0.717, 1.165) is 57.8 Å². The molecule has 2 aliphatic rings. The maximum atomic E-state index is 10.4. The molecule has 0 aliphatic carbocycles. The normalized spacial score (nSPS) is 12.0. The van der Waals surface area contributed by atoms with Crippen LogP contribution in [-0.4, -0.2) is 34.9 Å². The van der Waals surface area contributed by atoms with Crippen molar-refractivity contribution in [3.8, 4) is 0 Å². The van der Waals surface area contributed by atoms with Gasteiger partial charge in [-0.05, 0) is 79.3 Å². The number of unbranched alkanes of at least 4 members (excludes halogenated alkanes) is 7. The van der Waals surface area contributed by atoms with Gasteiger partial charge in [0.05, 0.1) is 22.8 Å². The predicted octanol–water partition coefficient (Wildman–Crippen LogP) is 6.37. The number of halogens is 1. The van der Waals surface area contributed by atoms with Crippen molar-refractivity contribution in [2.24, 2.45) is 0 Å². The summed E-state index contributed by atoms with van der Waals surface area (Å²) in [7, 11) is 1.17. The van der Waals surface area contributed by atoms with Crippen molar-refractivity contribution < 1.29 is 25.5 Å². The Morgan fingerprint density at radius 3 is 1.44 bits per heavy atom. The maximum Gasteiger partial charge on any atom is 0.311 e. The summed E-state index contributed by atoms with van der Waals surface area (Å²) in [6.07, 6.45) is 18.2. The van der Waals surface area contributed by atoms with Crippen molar-refractivity contribution in [2.75, 3.05) is 6.54 Å². The third kappa shape index (κ3) is 13.2. The van der Waals surface area contributed by atoms with E-state index in [1.165, 1.54) is 44.9 Å². The molecule has 1 radical (unpaired) electrons. The third-order valence-electron chi connectivity index (χ3n) is 6.52. The fourth-order valence-electron chi connectivity index (χ4n) is 4.48. The van der Waals surface area contributed by atoms with Crippen LogP contribution < -0.4 is 21.3 Å². The molecule has 6 N–H and O–H groups in total. The Labute approximate surface area is 268 Å². The van der Waals surface area contributed by atoms with E-state index in [0.29, 0.717) is 0 Å². The van der Waals surface area contributed by atoms with Crippen LogP contribution in [0.1, 0.15) is 81.1 Å². The quantitative estimate of drug-likeness (QED) is 0.0370. The number of nitrogens with zero attached hydrogens (tertiary/aromatic N) is 2. The van der Waals surface area contributed by atoms with Gasteiger partial charge in [0.25, 0.3) is 0 Å². The van der Waals surface area contributed by atoms with Crippen molar-refractivity contribution in [3.05, 3.63) is 71.3 Å². The van der Waals surface area contributed by atoms with E-state index >= 15 is 0 Å². The van der Waals surface area contributed by atoms with Gasteiger partial charge in [-0.3, -0.25) is 0 Å². The third-order valence-corrected chi connectivity index (χ3v) is 7.10. The van der Waals surface area contributed by atoms with E-state index in [1.807, 2.05) is 53.4 Å². The summed E-state index contributed by atoms with van der Waals surface area (Å²) in [4.78, 5) is 17.9. The maximum absolute atomic E-state index is 10.4. The van der Waals surface area contributed by atoms with Crippen molar-refractivity contribution in [3.63, 3.8) is 0 Å². The number of hydrogen-bond acceptors (Lipinski definition) is 7. The van der Waals surface area contributed by atoms with E-state index in [9.17, 15) is 8.42 Å². The number of fused-ring (bicyclic) bond motifs is 8. The van der Waals surface area contributed by atoms with Crippen LogP contribution in [0.4, 0.5) is 0 Å². The molecule has 3 aromatic heterocycles. The second kappa shape index (κ2) is 18.1. The molecule has 235 valence electrons. The van der Waals surface area contributed by atoms with E-state index in [1.54, 1.807) is 0 Å². The Morgan fingerprint density at radius 2 is 1.05 bits per heavy atom. The largest absolute Gasteiger partial charge is 0.355 e. The fourth-order valence-corrected chi connectivity index (χ4v) is 4.77. The molecule has 13 heteroatoms. The minimum absolute atomic E-state index is 0. The van der Waals surface area contributed by atoms with Gasteiger partial charge < -0.3 is 9.97 Å². The predicted molar refractivity (Wildman–Crippen MR) is 174 cm³/mol. The van der Waals surface area contributed by atoms with Crippen molar-refractivity contribution in [1.29, 1.82) is 0 Å². The van der Waals surface area contributed by atoms with Crippen molar-refractivity contribution in [2.45, 2.75) is 58.3 Å². The number of H-pyrrole nitrogens is 2. The molecule has 8 bridgehead atoms. The van der Waals surface area contributed by atoms with Crippen LogP contribution in [0.15, 0.2) is 48.5 Å². The molecular weight excluding hydrogens is 635 g/mol. The molecule has 3 aromatic rings. The second-order valence-electron chi connectivity index (χ2n) is 10.1. The molecule has 0 spiro atoms. The summed E-state index contributed by atoms with van der Waals surface area (Å²) < 4.78 is 20.9. The van der Waals surface area contributed by atoms with Gasteiger partial charge >= 0.3 is 9.24 Å². The molecule has 0 atom stereocenters. The first kappa shape index (κ1) is 34.7. The van der Waals surface area contributed by atoms with Crippen LogP contribution in [0.3, 0.4) is 0 Å². The molecule has 0 unspecified atom stereocenters. The number of hydrazine groups is 3. The Bertz CT molecular complexity index is 1460. The fraction of sp³-hybridized carbons (Fsp3) is 0.333. The number of nitrogens with one attached hydrogen (secondary N) is 6. The Balaban J connectivity index is 0.000000242. The topological polar surface area (TPSA) is 140 Å². The Morgan fingerprint density at radius 1 is 0.651 bits per heavy atom. The van der Waals surface area contributed by atoms with Crippen LogP contribution in [-0.2, 0) is 26.3 Å². The molecule has 43 heavy (non-hydrogen) atoms. The van der Waals surface area contributed by atoms with E-state index in [4.69, 9.17) is 10.7 Å². The zero-order valence-electron chi connectivity index (χ0n) is 24.1. The molecule has 5 heterocycles. The van der Waals surface area contributed by atoms with Crippen LogP contribution in [0, 0.1) is 0 Å². The summed E-state index contributed by atoms with van der Waals surface area (Å²) >= 11 is 0. The molecule has 0 saturated heterocycles. The van der Waals surface area contributed by atoms with Crippen LogP contribution in [0.25, 0.3) is 46.4 Å². The monoisotopic (exact) mass is 673 g/mol. The van der Waals surface area contributed by atoms with Gasteiger partial charge in [0, 0.05) is 56.4 Å². The van der Waals surface area contributed by atoms with Gasteiger partial charge in [-0.1, -0.05) is 51.9 Å². The van der Waals surface area contributed by atoms with Gasteiger partial charge in [-0.15, -0.1) is 4.83 Å². The average molecular weight is 675 g/mol. The smallest absolute Gasteiger partial charge is 0.311 e. The molecule has 0 aromatic carbocycles. The zero-order chi connectivity index (χ0) is 29.6. The SMILES string of the molecule is C1=Cc2cc3ccc(cc4nc(cc5ccc(cc1n2)[nH]5)C=C4)[nH]3.CCCCCCCCCCNNNNS(=O)(=O)Cl.[Cu]. The van der Waals surface area contributed by atoms with Crippen LogP contribution in [0.5, 0.6) is 0 Å². The average Bonchev–Trinajstić information content (AvgIpc) is 3.76. The first-order valence-electron chi connectivity index (χ1n) is 14.3. The number of hydrogen-bond donors (Lipinski definition) is 6. The minimum atomic E-state index is -3.73. The van der Waals surface area contributed by atoms with E-state index in [-0.39, 0.29) is 17.1 Å². The van der Waals surface area contributed by atoms with E-state index in [2.05, 4.69) is 67.6 Å². The summed E-state index contributed by atoms with van der Waals surface area (Å²) in [6.45, 7) is 2.99. The molecule has 0 amide bonds. The van der Waals surface area contributed by atoms with Crippen molar-refractivity contribution >= 4 is 66.3 Å². The Hall–Kier alpha value is -2.80. The van der Waals surface area contributed by atoms with E-state index < -0.39 is 9.24 Å². The van der Waals surface area contributed by atoms with Gasteiger partial charge in [0.1, 0.15) is 0 Å². The second-order valence-corrected chi connectivity index (χ2v) is 12.4. The molecule has 0 saturated carbocycles. The number of rotatable bonds is 13. The van der Waals surface area contributed by atoms with Gasteiger partial charge in [0.15, 0.2) is 0 Å². The van der Waals surface area contributed by atoms with Crippen LogP contribution in [0.2, 0.25) is 0 Å². The zero-order valence-corrected chi connectivity index (χ0v) is 26.6. The summed E-state index contributed by atoms with van der Waals surface area (Å²) in [5.41, 5.74) is 15.4. The first-order chi connectivity index (χ1) is 20.4. The summed E-state index contributed by atoms with van der Waals surface area (Å²) in [6, 6.07) is 16.4. The van der Waals surface area contributed by atoms with Gasteiger partial charge in [-0.25, -0.2) is 15.4 Å². The molecule has 5 rings (SSSR count).